The van der Waals surface area contributed by atoms with E-state index in [-0.39, 0.29) is 24.8 Å². The molecule has 16 heavy (non-hydrogen) atoms. The number of hydrogen-bond donors (Lipinski definition) is 2. The molecule has 0 unspecified atom stereocenters. The zero-order chi connectivity index (χ0) is 12.0. The Hall–Kier alpha value is -2.04. The molecule has 0 bridgehead atoms. The third kappa shape index (κ3) is 3.61. The summed E-state index contributed by atoms with van der Waals surface area (Å²) in [6.45, 7) is 1.82. The van der Waals surface area contributed by atoms with Crippen molar-refractivity contribution in [1.82, 2.24) is 5.32 Å². The van der Waals surface area contributed by atoms with Gasteiger partial charge in [0.1, 0.15) is 12.3 Å². The molecule has 0 aliphatic heterocycles. The number of phenols is 1. The molecule has 0 aromatic heterocycles. The van der Waals surface area contributed by atoms with Crippen molar-refractivity contribution in [2.24, 2.45) is 0 Å². The number of rotatable bonds is 4. The van der Waals surface area contributed by atoms with Crippen LogP contribution in [0.4, 0.5) is 0 Å². The fourth-order valence-corrected chi connectivity index (χ4v) is 1.08. The Bertz CT molecular complexity index is 372. The predicted molar refractivity (Wildman–Crippen MR) is 57.1 cm³/mol. The molecule has 5 heteroatoms. The van der Waals surface area contributed by atoms with Gasteiger partial charge >= 0.3 is 5.97 Å². The molecule has 0 atom stereocenters. The summed E-state index contributed by atoms with van der Waals surface area (Å²) < 4.78 is 4.65. The third-order valence-corrected chi connectivity index (χ3v) is 1.83. The Morgan fingerprint density at radius 1 is 1.31 bits per heavy atom. The maximum absolute atomic E-state index is 11.5. The highest BCUT2D eigenvalue weighted by atomic mass is 16.5. The van der Waals surface area contributed by atoms with Crippen molar-refractivity contribution in [3.05, 3.63) is 29.8 Å². The summed E-state index contributed by atoms with van der Waals surface area (Å²) in [4.78, 5) is 22.4. The minimum atomic E-state index is -0.477. The Balaban J connectivity index is 2.47. The number of nitrogens with one attached hydrogen (secondary N) is 1. The highest BCUT2D eigenvalue weighted by Crippen LogP contribution is 2.09. The van der Waals surface area contributed by atoms with Crippen molar-refractivity contribution in [2.75, 3.05) is 13.2 Å². The maximum Gasteiger partial charge on any atom is 0.325 e. The Labute approximate surface area is 93.0 Å². The molecule has 86 valence electrons. The molecular formula is C11H13NO4. The van der Waals surface area contributed by atoms with Crippen molar-refractivity contribution in [2.45, 2.75) is 6.92 Å². The van der Waals surface area contributed by atoms with E-state index in [4.69, 9.17) is 5.11 Å². The van der Waals surface area contributed by atoms with Crippen LogP contribution in [0.5, 0.6) is 5.75 Å². The fourth-order valence-electron chi connectivity index (χ4n) is 1.08. The summed E-state index contributed by atoms with van der Waals surface area (Å²) in [5, 5.41) is 11.4. The van der Waals surface area contributed by atoms with Gasteiger partial charge in [0, 0.05) is 5.56 Å². The van der Waals surface area contributed by atoms with Crippen LogP contribution in [0, 0.1) is 0 Å². The van der Waals surface area contributed by atoms with Gasteiger partial charge < -0.3 is 15.2 Å². The quantitative estimate of drug-likeness (QED) is 0.736. The van der Waals surface area contributed by atoms with E-state index in [1.165, 1.54) is 24.3 Å². The predicted octanol–water partition coefficient (Wildman–Crippen LogP) is 0.685. The first-order valence-corrected chi connectivity index (χ1v) is 4.86. The van der Waals surface area contributed by atoms with Gasteiger partial charge in [0.2, 0.25) is 0 Å². The van der Waals surface area contributed by atoms with E-state index < -0.39 is 5.97 Å². The molecule has 5 nitrogen and oxygen atoms in total. The Morgan fingerprint density at radius 3 is 2.50 bits per heavy atom. The second-order valence-corrected chi connectivity index (χ2v) is 3.03. The highest BCUT2D eigenvalue weighted by Gasteiger charge is 2.07. The molecular weight excluding hydrogens is 210 g/mol. The van der Waals surface area contributed by atoms with Crippen LogP contribution in [0.3, 0.4) is 0 Å². The third-order valence-electron chi connectivity index (χ3n) is 1.83. The number of esters is 1. The molecule has 1 aromatic rings. The standard InChI is InChI=1S/C11H13NO4/c1-2-16-10(14)7-12-11(15)8-3-5-9(13)6-4-8/h3-6,13H,2,7H2,1H3,(H,12,15). The smallest absolute Gasteiger partial charge is 0.325 e. The lowest BCUT2D eigenvalue weighted by molar-refractivity contribution is -0.141. The van der Waals surface area contributed by atoms with Gasteiger partial charge in [-0.3, -0.25) is 9.59 Å². The summed E-state index contributed by atoms with van der Waals surface area (Å²) >= 11 is 0. The first kappa shape index (κ1) is 12.0. The van der Waals surface area contributed by atoms with E-state index in [0.29, 0.717) is 5.56 Å². The van der Waals surface area contributed by atoms with Crippen LogP contribution in [-0.4, -0.2) is 30.1 Å². The average molecular weight is 223 g/mol. The number of carbonyl (C=O) groups excluding carboxylic acids is 2. The monoisotopic (exact) mass is 223 g/mol. The van der Waals surface area contributed by atoms with Crippen molar-refractivity contribution < 1.29 is 19.4 Å². The van der Waals surface area contributed by atoms with Gasteiger partial charge in [0.15, 0.2) is 0 Å². The number of phenolic OH excluding ortho intramolecular Hbond substituents is 1. The van der Waals surface area contributed by atoms with Crippen molar-refractivity contribution in [1.29, 1.82) is 0 Å². The molecule has 0 fully saturated rings. The SMILES string of the molecule is CCOC(=O)CNC(=O)c1ccc(O)cc1. The normalized spacial score (nSPS) is 9.56. The van der Waals surface area contributed by atoms with Crippen LogP contribution in [0.2, 0.25) is 0 Å². The lowest BCUT2D eigenvalue weighted by atomic mass is 10.2. The fraction of sp³-hybridized carbons (Fsp3) is 0.273. The summed E-state index contributed by atoms with van der Waals surface area (Å²) in [6, 6.07) is 5.74. The van der Waals surface area contributed by atoms with E-state index in [1.807, 2.05) is 0 Å². The molecule has 0 aliphatic rings. The molecule has 1 amide bonds. The zero-order valence-corrected chi connectivity index (χ0v) is 8.90. The van der Waals surface area contributed by atoms with E-state index >= 15 is 0 Å². The molecule has 0 spiro atoms. The first-order chi connectivity index (χ1) is 7.63. The summed E-state index contributed by atoms with van der Waals surface area (Å²) in [6.07, 6.45) is 0. The lowest BCUT2D eigenvalue weighted by Gasteiger charge is -2.04. The van der Waals surface area contributed by atoms with Gasteiger partial charge in [-0.25, -0.2) is 0 Å². The van der Waals surface area contributed by atoms with Crippen molar-refractivity contribution in [3.63, 3.8) is 0 Å². The molecule has 0 radical (unpaired) electrons. The average Bonchev–Trinajstić information content (AvgIpc) is 2.27. The van der Waals surface area contributed by atoms with E-state index in [1.54, 1.807) is 6.92 Å². The van der Waals surface area contributed by atoms with Crippen LogP contribution < -0.4 is 5.32 Å². The van der Waals surface area contributed by atoms with E-state index in [9.17, 15) is 9.59 Å². The maximum atomic E-state index is 11.5. The lowest BCUT2D eigenvalue weighted by Crippen LogP contribution is -2.30. The number of hydrogen-bond acceptors (Lipinski definition) is 4. The van der Waals surface area contributed by atoms with Crippen molar-refractivity contribution >= 4 is 11.9 Å². The van der Waals surface area contributed by atoms with E-state index in [2.05, 4.69) is 10.1 Å². The van der Waals surface area contributed by atoms with Crippen LogP contribution in [0.1, 0.15) is 17.3 Å². The number of ether oxygens (including phenoxy) is 1. The number of amides is 1. The largest absolute Gasteiger partial charge is 0.508 e. The molecule has 0 saturated heterocycles. The minimum Gasteiger partial charge on any atom is -0.508 e. The molecule has 0 aliphatic carbocycles. The zero-order valence-electron chi connectivity index (χ0n) is 8.90. The van der Waals surface area contributed by atoms with Crippen LogP contribution >= 0.6 is 0 Å². The number of carbonyl (C=O) groups is 2. The minimum absolute atomic E-state index is 0.0851. The Kier molecular flexibility index (Phi) is 4.32. The van der Waals surface area contributed by atoms with Crippen molar-refractivity contribution in [3.8, 4) is 5.75 Å². The van der Waals surface area contributed by atoms with Crippen LogP contribution in [-0.2, 0) is 9.53 Å². The summed E-state index contributed by atoms with van der Waals surface area (Å²) in [7, 11) is 0. The van der Waals surface area contributed by atoms with Gasteiger partial charge in [0.25, 0.3) is 5.91 Å². The molecule has 2 N–H and O–H groups in total. The Morgan fingerprint density at radius 2 is 1.94 bits per heavy atom. The molecule has 0 saturated carbocycles. The summed E-state index contributed by atoms with van der Waals surface area (Å²) in [5.41, 5.74) is 0.377. The highest BCUT2D eigenvalue weighted by molar-refractivity contribution is 5.95. The molecule has 1 rings (SSSR count). The van der Waals surface area contributed by atoms with Gasteiger partial charge in [-0.15, -0.1) is 0 Å². The van der Waals surface area contributed by atoms with Gasteiger partial charge in [-0.2, -0.15) is 0 Å². The first-order valence-electron chi connectivity index (χ1n) is 4.86. The second-order valence-electron chi connectivity index (χ2n) is 3.03. The van der Waals surface area contributed by atoms with Crippen LogP contribution in [0.25, 0.3) is 0 Å². The second kappa shape index (κ2) is 5.75. The van der Waals surface area contributed by atoms with E-state index in [0.717, 1.165) is 0 Å². The summed E-state index contributed by atoms with van der Waals surface area (Å²) in [5.74, 6) is -0.773. The van der Waals surface area contributed by atoms with Gasteiger partial charge in [-0.1, -0.05) is 0 Å². The number of aromatic hydroxyl groups is 1. The molecule has 1 aromatic carbocycles. The van der Waals surface area contributed by atoms with Crippen LogP contribution in [0.15, 0.2) is 24.3 Å². The topological polar surface area (TPSA) is 75.6 Å². The molecule has 0 heterocycles. The van der Waals surface area contributed by atoms with Gasteiger partial charge in [0.05, 0.1) is 6.61 Å². The number of benzene rings is 1. The van der Waals surface area contributed by atoms with Gasteiger partial charge in [-0.05, 0) is 31.2 Å².